The molecule has 0 spiro atoms. The van der Waals surface area contributed by atoms with E-state index in [4.69, 9.17) is 0 Å². The molecule has 2 aromatic rings. The summed E-state index contributed by atoms with van der Waals surface area (Å²) in [6, 6.07) is 4.74. The number of amides is 1. The number of benzene rings is 1. The highest BCUT2D eigenvalue weighted by Crippen LogP contribution is 2.20. The zero-order valence-electron chi connectivity index (χ0n) is 11.9. The van der Waals surface area contributed by atoms with Gasteiger partial charge in [-0.1, -0.05) is 12.2 Å². The molecule has 0 saturated carbocycles. The van der Waals surface area contributed by atoms with Crippen molar-refractivity contribution >= 4 is 16.8 Å². The highest BCUT2D eigenvalue weighted by molar-refractivity contribution is 5.83. The monoisotopic (exact) mass is 286 g/mol. The van der Waals surface area contributed by atoms with Gasteiger partial charge in [0.15, 0.2) is 0 Å². The standard InChI is InChI=1S/C17H19FN2O/c18-14-6-7-15-13(11-20-16(15)10-14)8-9-19-17(21)12-4-2-1-3-5-12/h1-2,6-7,10-12,20H,3-5,8-9H2,(H,19,21). The number of H-pyrrole nitrogens is 1. The zero-order chi connectivity index (χ0) is 14.7. The van der Waals surface area contributed by atoms with Crippen LogP contribution in [0.15, 0.2) is 36.5 Å². The molecule has 0 aliphatic heterocycles. The number of carbonyl (C=O) groups is 1. The fourth-order valence-electron chi connectivity index (χ4n) is 2.86. The average Bonchev–Trinajstić information content (AvgIpc) is 2.90. The summed E-state index contributed by atoms with van der Waals surface area (Å²) in [6.07, 6.45) is 9.63. The molecule has 0 radical (unpaired) electrons. The molecule has 3 rings (SSSR count). The van der Waals surface area contributed by atoms with Gasteiger partial charge in [0.1, 0.15) is 5.82 Å². The molecule has 1 amide bonds. The molecular weight excluding hydrogens is 267 g/mol. The molecule has 1 aliphatic rings. The molecule has 2 N–H and O–H groups in total. The van der Waals surface area contributed by atoms with Gasteiger partial charge >= 0.3 is 0 Å². The number of carbonyl (C=O) groups excluding carboxylic acids is 1. The summed E-state index contributed by atoms with van der Waals surface area (Å²) in [7, 11) is 0. The summed E-state index contributed by atoms with van der Waals surface area (Å²) in [5.41, 5.74) is 1.91. The average molecular weight is 286 g/mol. The van der Waals surface area contributed by atoms with E-state index in [-0.39, 0.29) is 17.6 Å². The van der Waals surface area contributed by atoms with Gasteiger partial charge in [0, 0.05) is 29.6 Å². The van der Waals surface area contributed by atoms with E-state index in [0.29, 0.717) is 6.54 Å². The first-order valence-electron chi connectivity index (χ1n) is 7.42. The first kappa shape index (κ1) is 13.9. The molecular formula is C17H19FN2O. The van der Waals surface area contributed by atoms with Gasteiger partial charge in [-0.2, -0.15) is 0 Å². The van der Waals surface area contributed by atoms with Crippen LogP contribution >= 0.6 is 0 Å². The molecule has 0 fully saturated rings. The number of halogens is 1. The van der Waals surface area contributed by atoms with E-state index in [2.05, 4.69) is 22.5 Å². The summed E-state index contributed by atoms with van der Waals surface area (Å²) in [4.78, 5) is 15.1. The first-order valence-corrected chi connectivity index (χ1v) is 7.42. The number of hydrogen-bond donors (Lipinski definition) is 2. The van der Waals surface area contributed by atoms with Gasteiger partial charge in [-0.3, -0.25) is 4.79 Å². The third-order valence-corrected chi connectivity index (χ3v) is 4.06. The number of allylic oxidation sites excluding steroid dienone is 2. The lowest BCUT2D eigenvalue weighted by atomic mass is 9.93. The van der Waals surface area contributed by atoms with Crippen LogP contribution in [0.5, 0.6) is 0 Å². The molecule has 1 heterocycles. The summed E-state index contributed by atoms with van der Waals surface area (Å²) < 4.78 is 13.1. The Balaban J connectivity index is 1.57. The third kappa shape index (κ3) is 3.15. The van der Waals surface area contributed by atoms with Gasteiger partial charge in [0.25, 0.3) is 0 Å². The van der Waals surface area contributed by atoms with Gasteiger partial charge in [0.2, 0.25) is 5.91 Å². The Morgan fingerprint density at radius 3 is 3.10 bits per heavy atom. The molecule has 0 saturated heterocycles. The fourth-order valence-corrected chi connectivity index (χ4v) is 2.86. The van der Waals surface area contributed by atoms with Crippen LogP contribution in [0.25, 0.3) is 10.9 Å². The predicted molar refractivity (Wildman–Crippen MR) is 81.5 cm³/mol. The number of aromatic nitrogens is 1. The van der Waals surface area contributed by atoms with Gasteiger partial charge in [0.05, 0.1) is 0 Å². The van der Waals surface area contributed by atoms with Crippen LogP contribution < -0.4 is 5.32 Å². The number of rotatable bonds is 4. The normalized spacial score (nSPS) is 18.0. The van der Waals surface area contributed by atoms with E-state index in [1.54, 1.807) is 6.07 Å². The van der Waals surface area contributed by atoms with Crippen molar-refractivity contribution in [2.45, 2.75) is 25.7 Å². The van der Waals surface area contributed by atoms with Crippen LogP contribution in [-0.4, -0.2) is 17.4 Å². The molecule has 21 heavy (non-hydrogen) atoms. The number of hydrogen-bond acceptors (Lipinski definition) is 1. The van der Waals surface area contributed by atoms with Crippen molar-refractivity contribution in [3.63, 3.8) is 0 Å². The molecule has 1 atom stereocenters. The summed E-state index contributed by atoms with van der Waals surface area (Å²) in [5, 5.41) is 4.03. The predicted octanol–water partition coefficient (Wildman–Crippen LogP) is 3.32. The van der Waals surface area contributed by atoms with Crippen LogP contribution in [0.2, 0.25) is 0 Å². The summed E-state index contributed by atoms with van der Waals surface area (Å²) >= 11 is 0. The molecule has 110 valence electrons. The van der Waals surface area contributed by atoms with Crippen LogP contribution in [0.3, 0.4) is 0 Å². The van der Waals surface area contributed by atoms with Crippen LogP contribution in [0.1, 0.15) is 24.8 Å². The topological polar surface area (TPSA) is 44.9 Å². The van der Waals surface area contributed by atoms with Crippen molar-refractivity contribution in [1.29, 1.82) is 0 Å². The van der Waals surface area contributed by atoms with E-state index in [0.717, 1.165) is 42.1 Å². The minimum atomic E-state index is -0.241. The van der Waals surface area contributed by atoms with Crippen molar-refractivity contribution in [3.8, 4) is 0 Å². The maximum atomic E-state index is 13.1. The number of fused-ring (bicyclic) bond motifs is 1. The quantitative estimate of drug-likeness (QED) is 0.832. The van der Waals surface area contributed by atoms with Gasteiger partial charge < -0.3 is 10.3 Å². The number of aromatic amines is 1. The minimum absolute atomic E-state index is 0.118. The van der Waals surface area contributed by atoms with Gasteiger partial charge in [-0.15, -0.1) is 0 Å². The Bertz CT molecular complexity index is 674. The minimum Gasteiger partial charge on any atom is -0.361 e. The van der Waals surface area contributed by atoms with Crippen molar-refractivity contribution in [2.24, 2.45) is 5.92 Å². The Kier molecular flexibility index (Phi) is 4.04. The first-order chi connectivity index (χ1) is 10.2. The fraction of sp³-hybridized carbons (Fsp3) is 0.353. The second kappa shape index (κ2) is 6.12. The molecule has 1 aliphatic carbocycles. The maximum Gasteiger partial charge on any atom is 0.223 e. The van der Waals surface area contributed by atoms with Crippen molar-refractivity contribution in [1.82, 2.24) is 10.3 Å². The van der Waals surface area contributed by atoms with Crippen molar-refractivity contribution in [3.05, 3.63) is 47.9 Å². The Morgan fingerprint density at radius 1 is 1.38 bits per heavy atom. The van der Waals surface area contributed by atoms with Crippen LogP contribution in [0, 0.1) is 11.7 Å². The van der Waals surface area contributed by atoms with Crippen LogP contribution in [-0.2, 0) is 11.2 Å². The molecule has 1 aromatic carbocycles. The number of nitrogens with one attached hydrogen (secondary N) is 2. The molecule has 3 nitrogen and oxygen atoms in total. The second-order valence-electron chi connectivity index (χ2n) is 5.53. The molecule has 1 aromatic heterocycles. The Morgan fingerprint density at radius 2 is 2.29 bits per heavy atom. The Labute approximate surface area is 123 Å². The summed E-state index contributed by atoms with van der Waals surface area (Å²) in [5.74, 6) is 0.0202. The van der Waals surface area contributed by atoms with Crippen LogP contribution in [0.4, 0.5) is 4.39 Å². The van der Waals surface area contributed by atoms with E-state index in [1.807, 2.05) is 6.20 Å². The van der Waals surface area contributed by atoms with E-state index >= 15 is 0 Å². The summed E-state index contributed by atoms with van der Waals surface area (Å²) in [6.45, 7) is 0.614. The SMILES string of the molecule is O=C(NCCc1c[nH]c2cc(F)ccc12)C1CC=CCC1. The van der Waals surface area contributed by atoms with E-state index < -0.39 is 0 Å². The lowest BCUT2D eigenvalue weighted by molar-refractivity contribution is -0.125. The third-order valence-electron chi connectivity index (χ3n) is 4.06. The largest absolute Gasteiger partial charge is 0.361 e. The highest BCUT2D eigenvalue weighted by atomic mass is 19.1. The lowest BCUT2D eigenvalue weighted by Gasteiger charge is -2.17. The highest BCUT2D eigenvalue weighted by Gasteiger charge is 2.18. The molecule has 4 heteroatoms. The lowest BCUT2D eigenvalue weighted by Crippen LogP contribution is -2.32. The van der Waals surface area contributed by atoms with Crippen molar-refractivity contribution < 1.29 is 9.18 Å². The molecule has 1 unspecified atom stereocenters. The maximum absolute atomic E-state index is 13.1. The smallest absolute Gasteiger partial charge is 0.223 e. The van der Waals surface area contributed by atoms with E-state index in [1.165, 1.54) is 12.1 Å². The van der Waals surface area contributed by atoms with Crippen molar-refractivity contribution in [2.75, 3.05) is 6.54 Å². The van der Waals surface area contributed by atoms with Gasteiger partial charge in [-0.05, 0) is 49.4 Å². The second-order valence-corrected chi connectivity index (χ2v) is 5.53. The Hall–Kier alpha value is -2.10. The van der Waals surface area contributed by atoms with Gasteiger partial charge in [-0.25, -0.2) is 4.39 Å². The van der Waals surface area contributed by atoms with E-state index in [9.17, 15) is 9.18 Å². The zero-order valence-corrected chi connectivity index (χ0v) is 11.9. The molecule has 0 bridgehead atoms.